The quantitative estimate of drug-likeness (QED) is 0.539. The van der Waals surface area contributed by atoms with E-state index in [1.54, 1.807) is 12.1 Å². The highest BCUT2D eigenvalue weighted by Gasteiger charge is 2.29. The van der Waals surface area contributed by atoms with Gasteiger partial charge in [0.1, 0.15) is 0 Å². The molecule has 24 heavy (non-hydrogen) atoms. The lowest BCUT2D eigenvalue weighted by Crippen LogP contribution is -2.21. The normalized spacial score (nSPS) is 11.9. The van der Waals surface area contributed by atoms with Crippen LogP contribution in [0.25, 0.3) is 10.9 Å². The van der Waals surface area contributed by atoms with Gasteiger partial charge in [-0.1, -0.05) is 28.1 Å². The van der Waals surface area contributed by atoms with Crippen molar-refractivity contribution in [3.8, 4) is 0 Å². The Morgan fingerprint density at radius 1 is 1.08 bits per heavy atom. The van der Waals surface area contributed by atoms with Crippen LogP contribution < -0.4 is 5.56 Å². The van der Waals surface area contributed by atoms with Crippen molar-refractivity contribution in [2.45, 2.75) is 12.7 Å². The summed E-state index contributed by atoms with van der Waals surface area (Å²) in [5.41, 5.74) is 0.136. The number of hydrogen-bond donors (Lipinski definition) is 0. The van der Waals surface area contributed by atoms with Crippen molar-refractivity contribution < 1.29 is 13.2 Å². The zero-order chi connectivity index (χ0) is 17.5. The maximum Gasteiger partial charge on any atom is 0.416 e. The van der Waals surface area contributed by atoms with E-state index in [0.717, 1.165) is 16.6 Å². The second kappa shape index (κ2) is 6.33. The maximum absolute atomic E-state index is 12.6. The summed E-state index contributed by atoms with van der Waals surface area (Å²) in [6.07, 6.45) is -2.99. The van der Waals surface area contributed by atoms with Crippen LogP contribution in [0.4, 0.5) is 13.2 Å². The lowest BCUT2D eigenvalue weighted by molar-refractivity contribution is -0.137. The Balaban J connectivity index is 1.99. The van der Waals surface area contributed by atoms with Crippen LogP contribution in [0.2, 0.25) is 0 Å². The Labute approximate surface area is 151 Å². The largest absolute Gasteiger partial charge is 0.416 e. The lowest BCUT2D eigenvalue weighted by atomic mass is 10.1. The molecule has 0 bridgehead atoms. The average molecular weight is 462 g/mol. The summed E-state index contributed by atoms with van der Waals surface area (Å²) in [6.45, 7) is 0.143. The van der Waals surface area contributed by atoms with Crippen LogP contribution in [0.5, 0.6) is 0 Å². The topological polar surface area (TPSA) is 34.9 Å². The first-order valence-corrected chi connectivity index (χ1v) is 8.34. The smallest absolute Gasteiger partial charge is 0.294 e. The Morgan fingerprint density at radius 2 is 1.75 bits per heavy atom. The molecule has 0 radical (unpaired) electrons. The second-order valence-corrected chi connectivity index (χ2v) is 6.93. The molecule has 0 atom stereocenters. The molecule has 8 heteroatoms. The van der Waals surface area contributed by atoms with Crippen LogP contribution >= 0.6 is 31.9 Å². The Hall–Kier alpha value is -1.67. The summed E-state index contributed by atoms with van der Waals surface area (Å²) in [5.74, 6) is 0. The molecule has 3 nitrogen and oxygen atoms in total. The molecule has 0 fully saturated rings. The molecular weight excluding hydrogens is 453 g/mol. The Morgan fingerprint density at radius 3 is 2.38 bits per heavy atom. The second-order valence-electron chi connectivity index (χ2n) is 5.16. The Bertz CT molecular complexity index is 966. The van der Waals surface area contributed by atoms with Gasteiger partial charge in [-0.2, -0.15) is 13.2 Å². The minimum absolute atomic E-state index is 0.143. The molecule has 2 aromatic carbocycles. The van der Waals surface area contributed by atoms with Crippen LogP contribution in [-0.2, 0) is 12.7 Å². The van der Waals surface area contributed by atoms with Gasteiger partial charge >= 0.3 is 6.18 Å². The van der Waals surface area contributed by atoms with E-state index in [9.17, 15) is 18.0 Å². The van der Waals surface area contributed by atoms with Crippen LogP contribution in [0.3, 0.4) is 0 Å². The average Bonchev–Trinajstić information content (AvgIpc) is 2.50. The summed E-state index contributed by atoms with van der Waals surface area (Å²) >= 11 is 6.68. The van der Waals surface area contributed by atoms with Crippen molar-refractivity contribution in [3.63, 3.8) is 0 Å². The number of nitrogens with zero attached hydrogens (tertiary/aromatic N) is 2. The fourth-order valence-corrected chi connectivity index (χ4v) is 3.63. The highest BCUT2D eigenvalue weighted by atomic mass is 79.9. The van der Waals surface area contributed by atoms with Gasteiger partial charge in [0.2, 0.25) is 0 Å². The van der Waals surface area contributed by atoms with E-state index >= 15 is 0 Å². The molecule has 0 spiro atoms. The lowest BCUT2D eigenvalue weighted by Gasteiger charge is -2.10. The van der Waals surface area contributed by atoms with Crippen LogP contribution in [0.1, 0.15) is 11.1 Å². The molecule has 0 amide bonds. The predicted octanol–water partition coefficient (Wildman–Crippen LogP) is 4.99. The van der Waals surface area contributed by atoms with E-state index < -0.39 is 11.7 Å². The minimum atomic E-state index is -4.38. The van der Waals surface area contributed by atoms with E-state index in [-0.39, 0.29) is 12.1 Å². The third-order valence-electron chi connectivity index (χ3n) is 3.48. The first-order chi connectivity index (χ1) is 11.3. The molecule has 0 aliphatic rings. The molecule has 0 unspecified atom stereocenters. The van der Waals surface area contributed by atoms with E-state index in [2.05, 4.69) is 36.8 Å². The molecular formula is C16H9Br2F3N2O. The van der Waals surface area contributed by atoms with Gasteiger partial charge in [0.25, 0.3) is 5.56 Å². The predicted molar refractivity (Wildman–Crippen MR) is 91.9 cm³/mol. The SMILES string of the molecule is O=c1c2cc(Br)cc(Br)c2ncn1Cc1ccc(C(F)(F)F)cc1. The summed E-state index contributed by atoms with van der Waals surface area (Å²) in [7, 11) is 0. The number of benzene rings is 2. The summed E-state index contributed by atoms with van der Waals surface area (Å²) in [5, 5.41) is 0.422. The third-order valence-corrected chi connectivity index (χ3v) is 4.54. The highest BCUT2D eigenvalue weighted by molar-refractivity contribution is 9.11. The summed E-state index contributed by atoms with van der Waals surface area (Å²) < 4.78 is 40.5. The maximum atomic E-state index is 12.6. The van der Waals surface area contributed by atoms with Gasteiger partial charge in [0.15, 0.2) is 0 Å². The summed E-state index contributed by atoms with van der Waals surface area (Å²) in [6, 6.07) is 8.17. The highest BCUT2D eigenvalue weighted by Crippen LogP contribution is 2.29. The summed E-state index contributed by atoms with van der Waals surface area (Å²) in [4.78, 5) is 16.8. The molecule has 0 N–H and O–H groups in total. The van der Waals surface area contributed by atoms with Crippen LogP contribution in [0, 0.1) is 0 Å². The molecule has 0 saturated heterocycles. The number of halogens is 5. The fraction of sp³-hybridized carbons (Fsp3) is 0.125. The monoisotopic (exact) mass is 460 g/mol. The van der Waals surface area contributed by atoms with Crippen molar-refractivity contribution in [3.05, 3.63) is 73.2 Å². The first-order valence-electron chi connectivity index (χ1n) is 6.76. The zero-order valence-electron chi connectivity index (χ0n) is 11.9. The molecule has 0 saturated carbocycles. The number of rotatable bonds is 2. The number of fused-ring (bicyclic) bond motifs is 1. The van der Waals surface area contributed by atoms with Gasteiger partial charge < -0.3 is 0 Å². The van der Waals surface area contributed by atoms with Crippen molar-refractivity contribution in [1.82, 2.24) is 9.55 Å². The molecule has 0 aliphatic carbocycles. The van der Waals surface area contributed by atoms with E-state index in [4.69, 9.17) is 0 Å². The zero-order valence-corrected chi connectivity index (χ0v) is 15.1. The minimum Gasteiger partial charge on any atom is -0.294 e. The van der Waals surface area contributed by atoms with Gasteiger partial charge in [0, 0.05) is 8.95 Å². The van der Waals surface area contributed by atoms with Crippen molar-refractivity contribution in [1.29, 1.82) is 0 Å². The van der Waals surface area contributed by atoms with Gasteiger partial charge in [-0.05, 0) is 45.8 Å². The van der Waals surface area contributed by atoms with Crippen LogP contribution in [-0.4, -0.2) is 9.55 Å². The van der Waals surface area contributed by atoms with E-state index in [0.29, 0.717) is 20.9 Å². The van der Waals surface area contributed by atoms with Crippen molar-refractivity contribution in [2.75, 3.05) is 0 Å². The van der Waals surface area contributed by atoms with Gasteiger partial charge in [-0.25, -0.2) is 4.98 Å². The van der Waals surface area contributed by atoms with Crippen molar-refractivity contribution >= 4 is 42.8 Å². The molecule has 1 heterocycles. The molecule has 124 valence electrons. The number of alkyl halides is 3. The van der Waals surface area contributed by atoms with E-state index in [1.165, 1.54) is 23.0 Å². The van der Waals surface area contributed by atoms with Gasteiger partial charge in [0.05, 0.1) is 29.3 Å². The fourth-order valence-electron chi connectivity index (χ4n) is 2.30. The Kier molecular flexibility index (Phi) is 4.52. The van der Waals surface area contributed by atoms with Crippen molar-refractivity contribution in [2.24, 2.45) is 0 Å². The standard InChI is InChI=1S/C16H9Br2F3N2O/c17-11-5-12-14(13(18)6-11)22-8-23(15(12)24)7-9-1-3-10(4-2-9)16(19,20)21/h1-6,8H,7H2. The molecule has 0 aliphatic heterocycles. The van der Waals surface area contributed by atoms with Gasteiger partial charge in [-0.15, -0.1) is 0 Å². The van der Waals surface area contributed by atoms with Crippen LogP contribution in [0.15, 0.2) is 56.5 Å². The molecule has 3 rings (SSSR count). The number of aromatic nitrogens is 2. The first kappa shape index (κ1) is 17.2. The number of hydrogen-bond acceptors (Lipinski definition) is 2. The third kappa shape index (κ3) is 3.39. The van der Waals surface area contributed by atoms with Gasteiger partial charge in [-0.3, -0.25) is 9.36 Å². The molecule has 3 aromatic rings. The molecule has 1 aromatic heterocycles. The van der Waals surface area contributed by atoms with E-state index in [1.807, 2.05) is 0 Å².